The van der Waals surface area contributed by atoms with Crippen molar-refractivity contribution in [2.24, 2.45) is 5.41 Å². The summed E-state index contributed by atoms with van der Waals surface area (Å²) in [7, 11) is 0. The molecule has 1 heterocycles. The molecule has 2 nitrogen and oxygen atoms in total. The predicted octanol–water partition coefficient (Wildman–Crippen LogP) is 4.67. The van der Waals surface area contributed by atoms with Crippen LogP contribution in [0.3, 0.4) is 0 Å². The highest BCUT2D eigenvalue weighted by Gasteiger charge is 2.41. The van der Waals surface area contributed by atoms with Gasteiger partial charge in [0, 0.05) is 12.6 Å². The van der Waals surface area contributed by atoms with E-state index >= 15 is 0 Å². The van der Waals surface area contributed by atoms with Gasteiger partial charge in [0.25, 0.3) is 0 Å². The first-order chi connectivity index (χ1) is 9.04. The van der Waals surface area contributed by atoms with Crippen molar-refractivity contribution in [3.05, 3.63) is 29.8 Å². The van der Waals surface area contributed by atoms with E-state index in [2.05, 4.69) is 16.5 Å². The minimum absolute atomic E-state index is 0.164. The quantitative estimate of drug-likeness (QED) is 0.745. The molecule has 1 saturated carbocycles. The summed E-state index contributed by atoms with van der Waals surface area (Å²) in [4.78, 5) is 4.51. The van der Waals surface area contributed by atoms with E-state index in [-0.39, 0.29) is 11.2 Å². The molecular formula is C15H18ClFN2. The SMILES string of the molecule is CCC1(Cn2c(C(C)Cl)nc3cc(F)ccc32)CC1. The molecular weight excluding hydrogens is 263 g/mol. The number of benzene rings is 1. The highest BCUT2D eigenvalue weighted by molar-refractivity contribution is 6.20. The first-order valence-electron chi connectivity index (χ1n) is 6.84. The normalized spacial score (nSPS) is 18.7. The van der Waals surface area contributed by atoms with Gasteiger partial charge < -0.3 is 4.57 Å². The van der Waals surface area contributed by atoms with E-state index in [1.165, 1.54) is 31.4 Å². The van der Waals surface area contributed by atoms with Crippen LogP contribution in [-0.2, 0) is 6.54 Å². The second kappa shape index (κ2) is 4.48. The molecule has 4 heteroatoms. The third-order valence-corrected chi connectivity index (χ3v) is 4.49. The van der Waals surface area contributed by atoms with Gasteiger partial charge in [0.15, 0.2) is 0 Å². The van der Waals surface area contributed by atoms with E-state index in [0.29, 0.717) is 10.9 Å². The second-order valence-corrected chi connectivity index (χ2v) is 6.31. The molecule has 19 heavy (non-hydrogen) atoms. The summed E-state index contributed by atoms with van der Waals surface area (Å²) >= 11 is 6.23. The molecule has 1 aromatic carbocycles. The number of nitrogens with zero attached hydrogens (tertiary/aromatic N) is 2. The van der Waals surface area contributed by atoms with Gasteiger partial charge in [-0.05, 0) is 43.7 Å². The molecule has 0 aliphatic heterocycles. The van der Waals surface area contributed by atoms with Gasteiger partial charge in [-0.1, -0.05) is 6.92 Å². The minimum Gasteiger partial charge on any atom is -0.326 e. The maximum Gasteiger partial charge on any atom is 0.127 e. The molecule has 0 bridgehead atoms. The summed E-state index contributed by atoms with van der Waals surface area (Å²) in [6, 6.07) is 4.79. The Bertz CT molecular complexity index is 614. The zero-order chi connectivity index (χ0) is 13.6. The van der Waals surface area contributed by atoms with E-state index in [1.54, 1.807) is 0 Å². The Labute approximate surface area is 117 Å². The number of imidazole rings is 1. The van der Waals surface area contributed by atoms with Crippen molar-refractivity contribution in [1.82, 2.24) is 9.55 Å². The third kappa shape index (κ3) is 2.25. The fourth-order valence-electron chi connectivity index (χ4n) is 2.73. The van der Waals surface area contributed by atoms with Gasteiger partial charge in [0.05, 0.1) is 16.4 Å². The molecule has 0 radical (unpaired) electrons. The third-order valence-electron chi connectivity index (χ3n) is 4.30. The summed E-state index contributed by atoms with van der Waals surface area (Å²) in [5, 5.41) is -0.164. The van der Waals surface area contributed by atoms with E-state index in [0.717, 1.165) is 17.9 Å². The molecule has 1 fully saturated rings. The van der Waals surface area contributed by atoms with Crippen LogP contribution in [0, 0.1) is 11.2 Å². The lowest BCUT2D eigenvalue weighted by atomic mass is 10.0. The van der Waals surface area contributed by atoms with Crippen LogP contribution in [0.5, 0.6) is 0 Å². The molecule has 0 amide bonds. The van der Waals surface area contributed by atoms with Crippen molar-refractivity contribution >= 4 is 22.6 Å². The lowest BCUT2D eigenvalue weighted by Crippen LogP contribution is -2.13. The van der Waals surface area contributed by atoms with Crippen LogP contribution in [0.15, 0.2) is 18.2 Å². The van der Waals surface area contributed by atoms with Crippen molar-refractivity contribution < 1.29 is 4.39 Å². The van der Waals surface area contributed by atoms with Crippen LogP contribution in [-0.4, -0.2) is 9.55 Å². The van der Waals surface area contributed by atoms with Crippen LogP contribution >= 0.6 is 11.6 Å². The van der Waals surface area contributed by atoms with Gasteiger partial charge in [-0.3, -0.25) is 0 Å². The summed E-state index contributed by atoms with van der Waals surface area (Å²) in [6.45, 7) is 5.09. The topological polar surface area (TPSA) is 17.8 Å². The average molecular weight is 281 g/mol. The number of fused-ring (bicyclic) bond motifs is 1. The summed E-state index contributed by atoms with van der Waals surface area (Å²) in [5.74, 6) is 0.601. The minimum atomic E-state index is -0.248. The van der Waals surface area contributed by atoms with E-state index < -0.39 is 0 Å². The fourth-order valence-corrected chi connectivity index (χ4v) is 2.89. The van der Waals surface area contributed by atoms with Gasteiger partial charge in [0.1, 0.15) is 11.6 Å². The van der Waals surface area contributed by atoms with Crippen molar-refractivity contribution in [3.8, 4) is 0 Å². The molecule has 2 aromatic rings. The molecule has 1 aliphatic carbocycles. The van der Waals surface area contributed by atoms with Crippen LogP contribution in [0.25, 0.3) is 11.0 Å². The Kier molecular flexibility index (Phi) is 3.05. The summed E-state index contributed by atoms with van der Waals surface area (Å²) < 4.78 is 15.5. The number of hydrogen-bond donors (Lipinski definition) is 0. The Balaban J connectivity index is 2.11. The maximum absolute atomic E-state index is 13.3. The Morgan fingerprint density at radius 1 is 1.47 bits per heavy atom. The zero-order valence-corrected chi connectivity index (χ0v) is 12.0. The van der Waals surface area contributed by atoms with E-state index in [1.807, 2.05) is 13.0 Å². The standard InChI is InChI=1S/C15H18ClFN2/c1-3-15(6-7-15)9-19-13-5-4-11(17)8-12(13)18-14(19)10(2)16/h4-5,8,10H,3,6-7,9H2,1-2H3. The van der Waals surface area contributed by atoms with Crippen LogP contribution in [0.1, 0.15) is 44.3 Å². The van der Waals surface area contributed by atoms with Gasteiger partial charge in [-0.2, -0.15) is 0 Å². The average Bonchev–Trinajstić information content (AvgIpc) is 3.06. The first kappa shape index (κ1) is 12.9. The van der Waals surface area contributed by atoms with Crippen LogP contribution < -0.4 is 0 Å². The largest absolute Gasteiger partial charge is 0.326 e. The van der Waals surface area contributed by atoms with Gasteiger partial charge in [-0.15, -0.1) is 11.6 Å². The highest BCUT2D eigenvalue weighted by Crippen LogP contribution is 2.50. The van der Waals surface area contributed by atoms with E-state index in [9.17, 15) is 4.39 Å². The summed E-state index contributed by atoms with van der Waals surface area (Å²) in [6.07, 6.45) is 3.70. The van der Waals surface area contributed by atoms with Crippen molar-refractivity contribution in [2.45, 2.75) is 45.0 Å². The molecule has 0 N–H and O–H groups in total. The van der Waals surface area contributed by atoms with Crippen LogP contribution in [0.2, 0.25) is 0 Å². The molecule has 1 aliphatic rings. The monoisotopic (exact) mass is 280 g/mol. The number of halogens is 2. The second-order valence-electron chi connectivity index (χ2n) is 5.66. The fraction of sp³-hybridized carbons (Fsp3) is 0.533. The molecule has 0 spiro atoms. The molecule has 0 saturated heterocycles. The molecule has 1 unspecified atom stereocenters. The Morgan fingerprint density at radius 2 is 2.21 bits per heavy atom. The molecule has 3 rings (SSSR count). The molecule has 1 aromatic heterocycles. The van der Waals surface area contributed by atoms with E-state index in [4.69, 9.17) is 11.6 Å². The Hall–Kier alpha value is -1.09. The maximum atomic E-state index is 13.3. The lowest BCUT2D eigenvalue weighted by molar-refractivity contribution is 0.407. The number of aromatic nitrogens is 2. The smallest absolute Gasteiger partial charge is 0.127 e. The summed E-state index contributed by atoms with van der Waals surface area (Å²) in [5.41, 5.74) is 2.10. The number of rotatable bonds is 4. The number of hydrogen-bond acceptors (Lipinski definition) is 1. The van der Waals surface area contributed by atoms with Crippen molar-refractivity contribution in [3.63, 3.8) is 0 Å². The zero-order valence-electron chi connectivity index (χ0n) is 11.3. The molecule has 1 atom stereocenters. The van der Waals surface area contributed by atoms with Crippen molar-refractivity contribution in [1.29, 1.82) is 0 Å². The van der Waals surface area contributed by atoms with Gasteiger partial charge in [-0.25, -0.2) is 9.37 Å². The highest BCUT2D eigenvalue weighted by atomic mass is 35.5. The molecule has 102 valence electrons. The Morgan fingerprint density at radius 3 is 2.79 bits per heavy atom. The first-order valence-corrected chi connectivity index (χ1v) is 7.28. The predicted molar refractivity (Wildman–Crippen MR) is 75.9 cm³/mol. The lowest BCUT2D eigenvalue weighted by Gasteiger charge is -2.17. The number of alkyl halides is 1. The van der Waals surface area contributed by atoms with Crippen molar-refractivity contribution in [2.75, 3.05) is 0 Å². The van der Waals surface area contributed by atoms with Crippen LogP contribution in [0.4, 0.5) is 4.39 Å². The van der Waals surface area contributed by atoms with Gasteiger partial charge >= 0.3 is 0 Å². The van der Waals surface area contributed by atoms with Gasteiger partial charge in [0.2, 0.25) is 0 Å².